The second-order valence-electron chi connectivity index (χ2n) is 3.67. The second kappa shape index (κ2) is 6.31. The van der Waals surface area contributed by atoms with Crippen molar-refractivity contribution in [3.8, 4) is 11.8 Å². The molecule has 19 heavy (non-hydrogen) atoms. The van der Waals surface area contributed by atoms with Crippen LogP contribution in [0.5, 0.6) is 0 Å². The highest BCUT2D eigenvalue weighted by Crippen LogP contribution is 2.01. The molecule has 0 radical (unpaired) electrons. The summed E-state index contributed by atoms with van der Waals surface area (Å²) in [7, 11) is 0. The molecule has 0 atom stereocenters. The first-order valence-electron chi connectivity index (χ1n) is 5.65. The van der Waals surface area contributed by atoms with Crippen molar-refractivity contribution in [1.82, 2.24) is 20.0 Å². The van der Waals surface area contributed by atoms with Gasteiger partial charge in [0.1, 0.15) is 0 Å². The first-order valence-corrected chi connectivity index (χ1v) is 5.65. The Kier molecular flexibility index (Phi) is 4.24. The van der Waals surface area contributed by atoms with Crippen molar-refractivity contribution in [2.24, 2.45) is 0 Å². The molecule has 0 saturated carbocycles. The Balaban J connectivity index is 1.98. The van der Waals surface area contributed by atoms with E-state index in [-0.39, 0.29) is 12.3 Å². The van der Waals surface area contributed by atoms with E-state index in [0.717, 1.165) is 5.56 Å². The maximum atomic E-state index is 11.6. The first kappa shape index (κ1) is 12.8. The molecule has 0 aliphatic rings. The van der Waals surface area contributed by atoms with Crippen LogP contribution in [0.15, 0.2) is 30.7 Å². The van der Waals surface area contributed by atoms with Crippen LogP contribution < -0.4 is 0 Å². The van der Waals surface area contributed by atoms with Crippen LogP contribution in [-0.2, 0) is 11.3 Å². The molecular formula is C13H12N4O2. The van der Waals surface area contributed by atoms with Gasteiger partial charge in [-0.2, -0.15) is 0 Å². The molecule has 0 fully saturated rings. The van der Waals surface area contributed by atoms with E-state index in [2.05, 4.69) is 27.1 Å². The number of hydrogen-bond acceptors (Lipinski definition) is 5. The lowest BCUT2D eigenvalue weighted by molar-refractivity contribution is 0.0549. The van der Waals surface area contributed by atoms with Crippen LogP contribution in [0.25, 0.3) is 0 Å². The van der Waals surface area contributed by atoms with Gasteiger partial charge in [0.2, 0.25) is 0 Å². The summed E-state index contributed by atoms with van der Waals surface area (Å²) in [5.74, 6) is 4.75. The third-order valence-electron chi connectivity index (χ3n) is 2.27. The summed E-state index contributed by atoms with van der Waals surface area (Å²) in [6.07, 6.45) is 4.97. The maximum Gasteiger partial charge on any atom is 0.361 e. The molecule has 0 amide bonds. The number of carbonyl (C=O) groups excluding carboxylic acids is 1. The average Bonchev–Trinajstić information content (AvgIpc) is 2.89. The minimum atomic E-state index is -0.528. The highest BCUT2D eigenvalue weighted by molar-refractivity contribution is 5.86. The lowest BCUT2D eigenvalue weighted by Gasteiger charge is -1.98. The molecule has 0 N–H and O–H groups in total. The van der Waals surface area contributed by atoms with E-state index in [1.807, 2.05) is 12.1 Å². The standard InChI is InChI=1S/C13H12N4O2/c1-2-3-7-19-13(18)12-10-17(16-15-12)9-11-5-4-6-14-8-11/h4-6,8,10H,7,9H2,1H3. The van der Waals surface area contributed by atoms with Gasteiger partial charge in [-0.25, -0.2) is 9.48 Å². The zero-order valence-corrected chi connectivity index (χ0v) is 10.4. The van der Waals surface area contributed by atoms with Gasteiger partial charge in [-0.15, -0.1) is 11.0 Å². The Morgan fingerprint density at radius 3 is 3.16 bits per heavy atom. The van der Waals surface area contributed by atoms with E-state index in [1.54, 1.807) is 24.0 Å². The van der Waals surface area contributed by atoms with Crippen molar-refractivity contribution in [3.05, 3.63) is 42.0 Å². The monoisotopic (exact) mass is 256 g/mol. The van der Waals surface area contributed by atoms with Gasteiger partial charge in [-0.1, -0.05) is 17.2 Å². The predicted octanol–water partition coefficient (Wildman–Crippen LogP) is 0.901. The molecule has 0 aliphatic carbocycles. The fourth-order valence-corrected chi connectivity index (χ4v) is 1.40. The largest absolute Gasteiger partial charge is 0.448 e. The van der Waals surface area contributed by atoms with E-state index >= 15 is 0 Å². The number of rotatable bonds is 4. The Labute approximate surface area is 110 Å². The van der Waals surface area contributed by atoms with Gasteiger partial charge >= 0.3 is 5.97 Å². The van der Waals surface area contributed by atoms with Crippen molar-refractivity contribution in [2.75, 3.05) is 6.61 Å². The smallest absolute Gasteiger partial charge is 0.361 e. The minimum absolute atomic E-state index is 0.0603. The highest BCUT2D eigenvalue weighted by atomic mass is 16.5. The average molecular weight is 256 g/mol. The molecule has 2 aromatic rings. The molecule has 0 unspecified atom stereocenters. The summed E-state index contributed by atoms with van der Waals surface area (Å²) in [6, 6.07) is 3.76. The molecule has 2 rings (SSSR count). The van der Waals surface area contributed by atoms with Crippen LogP contribution in [-0.4, -0.2) is 32.6 Å². The normalized spacial score (nSPS) is 9.53. The molecule has 0 aliphatic heterocycles. The SMILES string of the molecule is CC#CCOC(=O)c1cn(Cc2cccnc2)nn1. The summed E-state index contributed by atoms with van der Waals surface area (Å²) in [5.41, 5.74) is 1.14. The fourth-order valence-electron chi connectivity index (χ4n) is 1.40. The zero-order valence-electron chi connectivity index (χ0n) is 10.4. The van der Waals surface area contributed by atoms with Crippen molar-refractivity contribution in [2.45, 2.75) is 13.5 Å². The molecule has 0 saturated heterocycles. The van der Waals surface area contributed by atoms with E-state index in [9.17, 15) is 4.79 Å². The lowest BCUT2D eigenvalue weighted by Crippen LogP contribution is -2.05. The predicted molar refractivity (Wildman–Crippen MR) is 67.1 cm³/mol. The van der Waals surface area contributed by atoms with Crippen LogP contribution in [0.3, 0.4) is 0 Å². The fraction of sp³-hybridized carbons (Fsp3) is 0.231. The topological polar surface area (TPSA) is 69.9 Å². The molecular weight excluding hydrogens is 244 g/mol. The number of ether oxygens (including phenoxy) is 1. The van der Waals surface area contributed by atoms with Gasteiger partial charge in [-0.05, 0) is 18.6 Å². The van der Waals surface area contributed by atoms with Crippen LogP contribution >= 0.6 is 0 Å². The van der Waals surface area contributed by atoms with Crippen LogP contribution in [0, 0.1) is 11.8 Å². The van der Waals surface area contributed by atoms with E-state index in [4.69, 9.17) is 4.74 Å². The van der Waals surface area contributed by atoms with Crippen molar-refractivity contribution < 1.29 is 9.53 Å². The second-order valence-corrected chi connectivity index (χ2v) is 3.67. The van der Waals surface area contributed by atoms with Crippen molar-refractivity contribution >= 4 is 5.97 Å². The third-order valence-corrected chi connectivity index (χ3v) is 2.27. The lowest BCUT2D eigenvalue weighted by atomic mass is 10.3. The first-order chi connectivity index (χ1) is 9.29. The van der Waals surface area contributed by atoms with E-state index in [0.29, 0.717) is 6.54 Å². The number of carbonyl (C=O) groups is 1. The third kappa shape index (κ3) is 3.64. The highest BCUT2D eigenvalue weighted by Gasteiger charge is 2.11. The number of pyridine rings is 1. The van der Waals surface area contributed by atoms with Gasteiger partial charge in [0.25, 0.3) is 0 Å². The Morgan fingerprint density at radius 1 is 1.53 bits per heavy atom. The summed E-state index contributed by atoms with van der Waals surface area (Å²) in [5, 5.41) is 7.62. The number of esters is 1. The summed E-state index contributed by atoms with van der Waals surface area (Å²) >= 11 is 0. The van der Waals surface area contributed by atoms with Gasteiger partial charge in [0.05, 0.1) is 12.7 Å². The Bertz CT molecular complexity index is 610. The van der Waals surface area contributed by atoms with Crippen molar-refractivity contribution in [1.29, 1.82) is 0 Å². The van der Waals surface area contributed by atoms with Crippen LogP contribution in [0.1, 0.15) is 23.0 Å². The molecule has 0 aromatic carbocycles. The molecule has 6 heteroatoms. The number of hydrogen-bond donors (Lipinski definition) is 0. The molecule has 2 aromatic heterocycles. The van der Waals surface area contributed by atoms with E-state index in [1.165, 1.54) is 6.20 Å². The minimum Gasteiger partial charge on any atom is -0.448 e. The molecule has 0 spiro atoms. The molecule has 2 heterocycles. The summed E-state index contributed by atoms with van der Waals surface area (Å²) in [6.45, 7) is 2.24. The molecule has 0 bridgehead atoms. The van der Waals surface area contributed by atoms with Gasteiger partial charge < -0.3 is 4.74 Å². The number of nitrogens with zero attached hydrogens (tertiary/aromatic N) is 4. The van der Waals surface area contributed by atoms with Gasteiger partial charge in [0.15, 0.2) is 12.3 Å². The van der Waals surface area contributed by atoms with Crippen molar-refractivity contribution in [3.63, 3.8) is 0 Å². The Hall–Kier alpha value is -2.68. The maximum absolute atomic E-state index is 11.6. The molecule has 96 valence electrons. The summed E-state index contributed by atoms with van der Waals surface area (Å²) in [4.78, 5) is 15.6. The number of aromatic nitrogens is 4. The zero-order chi connectivity index (χ0) is 13.5. The van der Waals surface area contributed by atoms with Crippen LogP contribution in [0.4, 0.5) is 0 Å². The van der Waals surface area contributed by atoms with Crippen LogP contribution in [0.2, 0.25) is 0 Å². The summed E-state index contributed by atoms with van der Waals surface area (Å²) < 4.78 is 6.45. The Morgan fingerprint density at radius 2 is 2.42 bits per heavy atom. The molecule has 6 nitrogen and oxygen atoms in total. The van der Waals surface area contributed by atoms with E-state index < -0.39 is 5.97 Å². The van der Waals surface area contributed by atoms with Gasteiger partial charge in [-0.3, -0.25) is 4.98 Å². The quantitative estimate of drug-likeness (QED) is 0.600. The van der Waals surface area contributed by atoms with Gasteiger partial charge in [0, 0.05) is 12.4 Å².